The molecule has 0 unspecified atom stereocenters. The number of para-hydroxylation sites is 1. The molecule has 1 aromatic carbocycles. The highest BCUT2D eigenvalue weighted by molar-refractivity contribution is 7.86. The quantitative estimate of drug-likeness (QED) is 0.585. The van der Waals surface area contributed by atoms with E-state index >= 15 is 0 Å². The highest BCUT2D eigenvalue weighted by Gasteiger charge is 2.20. The molecule has 0 saturated heterocycles. The van der Waals surface area contributed by atoms with E-state index in [1.165, 1.54) is 12.1 Å². The van der Waals surface area contributed by atoms with Gasteiger partial charge in [0.05, 0.1) is 13.2 Å². The standard InChI is InChI=1S/C10H14O7S/c11-4-6-16-8-2-1-3-9(18(13,14)15)10(8)17-7-5-12/h1-3,11-12H,4-7H2,(H,13,14,15). The first-order valence-electron chi connectivity index (χ1n) is 5.08. The van der Waals surface area contributed by atoms with Gasteiger partial charge in [-0.25, -0.2) is 0 Å². The maximum Gasteiger partial charge on any atom is 0.298 e. The van der Waals surface area contributed by atoms with E-state index in [2.05, 4.69) is 0 Å². The van der Waals surface area contributed by atoms with E-state index in [0.717, 1.165) is 6.07 Å². The largest absolute Gasteiger partial charge is 0.487 e. The lowest BCUT2D eigenvalue weighted by Crippen LogP contribution is -2.10. The van der Waals surface area contributed by atoms with Gasteiger partial charge in [0.2, 0.25) is 0 Å². The average Bonchev–Trinajstić information content (AvgIpc) is 2.32. The van der Waals surface area contributed by atoms with Crippen LogP contribution in [0.25, 0.3) is 0 Å². The second-order valence-electron chi connectivity index (χ2n) is 3.20. The molecule has 0 amide bonds. The molecule has 18 heavy (non-hydrogen) atoms. The lowest BCUT2D eigenvalue weighted by molar-refractivity contribution is 0.175. The van der Waals surface area contributed by atoms with Crippen LogP contribution in [-0.2, 0) is 10.1 Å². The topological polar surface area (TPSA) is 113 Å². The molecule has 0 bridgehead atoms. The first-order chi connectivity index (χ1) is 8.50. The van der Waals surface area contributed by atoms with Gasteiger partial charge in [0.15, 0.2) is 11.5 Å². The summed E-state index contributed by atoms with van der Waals surface area (Å²) >= 11 is 0. The van der Waals surface area contributed by atoms with Crippen molar-refractivity contribution in [2.45, 2.75) is 4.90 Å². The van der Waals surface area contributed by atoms with Crippen LogP contribution in [0.3, 0.4) is 0 Å². The van der Waals surface area contributed by atoms with Crippen LogP contribution in [0.1, 0.15) is 0 Å². The van der Waals surface area contributed by atoms with E-state index in [1.54, 1.807) is 0 Å². The van der Waals surface area contributed by atoms with Crippen LogP contribution in [0.2, 0.25) is 0 Å². The molecular formula is C10H14O7S. The van der Waals surface area contributed by atoms with Crippen molar-refractivity contribution in [2.75, 3.05) is 26.4 Å². The molecule has 0 atom stereocenters. The molecule has 0 aromatic heterocycles. The van der Waals surface area contributed by atoms with E-state index in [9.17, 15) is 8.42 Å². The van der Waals surface area contributed by atoms with E-state index in [-0.39, 0.29) is 37.9 Å². The Labute approximate surface area is 104 Å². The summed E-state index contributed by atoms with van der Waals surface area (Å²) < 4.78 is 41.5. The Morgan fingerprint density at radius 3 is 2.22 bits per heavy atom. The van der Waals surface area contributed by atoms with Gasteiger partial charge in [-0.1, -0.05) is 6.07 Å². The molecule has 1 rings (SSSR count). The molecule has 3 N–H and O–H groups in total. The van der Waals surface area contributed by atoms with E-state index < -0.39 is 15.0 Å². The van der Waals surface area contributed by atoms with E-state index in [0.29, 0.717) is 0 Å². The summed E-state index contributed by atoms with van der Waals surface area (Å²) in [7, 11) is -4.46. The molecule has 0 saturated carbocycles. The monoisotopic (exact) mass is 278 g/mol. The SMILES string of the molecule is O=S(=O)(O)c1cccc(OCCO)c1OCCO. The Morgan fingerprint density at radius 2 is 1.67 bits per heavy atom. The molecule has 0 aliphatic heterocycles. The molecule has 0 radical (unpaired) electrons. The molecule has 0 spiro atoms. The summed E-state index contributed by atoms with van der Waals surface area (Å²) in [5.41, 5.74) is 0. The molecule has 0 aliphatic carbocycles. The number of benzene rings is 1. The number of rotatable bonds is 7. The van der Waals surface area contributed by atoms with Gasteiger partial charge in [-0.15, -0.1) is 0 Å². The summed E-state index contributed by atoms with van der Waals surface area (Å²) in [4.78, 5) is -0.452. The Kier molecular flexibility index (Phi) is 5.35. The maximum absolute atomic E-state index is 11.2. The molecule has 8 heteroatoms. The summed E-state index contributed by atoms with van der Waals surface area (Å²) in [6, 6.07) is 3.94. The van der Waals surface area contributed by atoms with Gasteiger partial charge in [0.1, 0.15) is 18.1 Å². The smallest absolute Gasteiger partial charge is 0.298 e. The zero-order chi connectivity index (χ0) is 13.6. The van der Waals surface area contributed by atoms with Crippen molar-refractivity contribution in [3.05, 3.63) is 18.2 Å². The van der Waals surface area contributed by atoms with Crippen molar-refractivity contribution in [3.63, 3.8) is 0 Å². The van der Waals surface area contributed by atoms with Gasteiger partial charge >= 0.3 is 0 Å². The van der Waals surface area contributed by atoms with Crippen molar-refractivity contribution >= 4 is 10.1 Å². The van der Waals surface area contributed by atoms with E-state index in [1.807, 2.05) is 0 Å². The third-order valence-electron chi connectivity index (χ3n) is 1.91. The number of aliphatic hydroxyl groups excluding tert-OH is 2. The fourth-order valence-corrected chi connectivity index (χ4v) is 1.90. The highest BCUT2D eigenvalue weighted by Crippen LogP contribution is 2.34. The highest BCUT2D eigenvalue weighted by atomic mass is 32.2. The molecular weight excluding hydrogens is 264 g/mol. The molecule has 102 valence electrons. The fourth-order valence-electron chi connectivity index (χ4n) is 1.26. The second kappa shape index (κ2) is 6.55. The summed E-state index contributed by atoms with van der Waals surface area (Å²) in [6.45, 7) is -0.777. The van der Waals surface area contributed by atoms with Crippen molar-refractivity contribution in [2.24, 2.45) is 0 Å². The van der Waals surface area contributed by atoms with Gasteiger partial charge < -0.3 is 19.7 Å². The van der Waals surface area contributed by atoms with Crippen LogP contribution < -0.4 is 9.47 Å². The fraction of sp³-hybridized carbons (Fsp3) is 0.400. The lowest BCUT2D eigenvalue weighted by atomic mass is 10.3. The first kappa shape index (κ1) is 14.7. The van der Waals surface area contributed by atoms with Gasteiger partial charge in [0, 0.05) is 0 Å². The van der Waals surface area contributed by atoms with Crippen LogP contribution in [0.4, 0.5) is 0 Å². The summed E-state index contributed by atoms with van der Waals surface area (Å²) in [5, 5.41) is 17.3. The first-order valence-corrected chi connectivity index (χ1v) is 6.52. The van der Waals surface area contributed by atoms with Crippen molar-refractivity contribution in [1.82, 2.24) is 0 Å². The van der Waals surface area contributed by atoms with E-state index in [4.69, 9.17) is 24.2 Å². The zero-order valence-corrected chi connectivity index (χ0v) is 10.3. The second-order valence-corrected chi connectivity index (χ2v) is 4.59. The van der Waals surface area contributed by atoms with Crippen molar-refractivity contribution < 1.29 is 32.7 Å². The molecule has 1 aromatic rings. The predicted octanol–water partition coefficient (Wildman–Crippen LogP) is -0.324. The Bertz CT molecular complexity index is 483. The third kappa shape index (κ3) is 3.84. The predicted molar refractivity (Wildman–Crippen MR) is 61.4 cm³/mol. The minimum absolute atomic E-state index is 0.0512. The van der Waals surface area contributed by atoms with Crippen LogP contribution in [0.15, 0.2) is 23.1 Å². The van der Waals surface area contributed by atoms with Gasteiger partial charge in [-0.3, -0.25) is 4.55 Å². The van der Waals surface area contributed by atoms with Crippen LogP contribution in [0, 0.1) is 0 Å². The Morgan fingerprint density at radius 1 is 1.06 bits per heavy atom. The number of hydrogen-bond donors (Lipinski definition) is 3. The van der Waals surface area contributed by atoms with Crippen molar-refractivity contribution in [1.29, 1.82) is 0 Å². The zero-order valence-electron chi connectivity index (χ0n) is 9.44. The Balaban J connectivity index is 3.17. The minimum Gasteiger partial charge on any atom is -0.487 e. The average molecular weight is 278 g/mol. The Hall–Kier alpha value is -1.35. The van der Waals surface area contributed by atoms with Gasteiger partial charge in [0.25, 0.3) is 10.1 Å². The number of aliphatic hydroxyl groups is 2. The van der Waals surface area contributed by atoms with Crippen LogP contribution >= 0.6 is 0 Å². The lowest BCUT2D eigenvalue weighted by Gasteiger charge is -2.14. The van der Waals surface area contributed by atoms with Gasteiger partial charge in [-0.2, -0.15) is 8.42 Å². The maximum atomic E-state index is 11.2. The summed E-state index contributed by atoms with van der Waals surface area (Å²) in [6.07, 6.45) is 0. The minimum atomic E-state index is -4.46. The van der Waals surface area contributed by atoms with Crippen LogP contribution in [0.5, 0.6) is 11.5 Å². The van der Waals surface area contributed by atoms with Gasteiger partial charge in [-0.05, 0) is 12.1 Å². The normalized spacial score (nSPS) is 11.3. The van der Waals surface area contributed by atoms with Crippen LogP contribution in [-0.4, -0.2) is 49.6 Å². The molecule has 0 heterocycles. The van der Waals surface area contributed by atoms with Crippen molar-refractivity contribution in [3.8, 4) is 11.5 Å². The molecule has 7 nitrogen and oxygen atoms in total. The molecule has 0 fully saturated rings. The third-order valence-corrected chi connectivity index (χ3v) is 2.78. The number of ether oxygens (including phenoxy) is 2. The summed E-state index contributed by atoms with van der Waals surface area (Å²) in [5.74, 6) is -0.130. The molecule has 0 aliphatic rings. The number of hydrogen-bond acceptors (Lipinski definition) is 6.